The Kier molecular flexibility index (Phi) is 4.81. The molecule has 6 nitrogen and oxygen atoms in total. The van der Waals surface area contributed by atoms with Crippen molar-refractivity contribution in [1.82, 2.24) is 19.5 Å². The molecule has 4 rings (SSSR count). The van der Waals surface area contributed by atoms with Crippen LogP contribution in [0.3, 0.4) is 0 Å². The lowest BCUT2D eigenvalue weighted by Crippen LogP contribution is -2.37. The number of alkyl halides is 3. The van der Waals surface area contributed by atoms with Crippen molar-refractivity contribution < 1.29 is 22.7 Å². The van der Waals surface area contributed by atoms with E-state index in [1.54, 1.807) is 11.0 Å². The molecule has 0 aliphatic carbocycles. The second-order valence-electron chi connectivity index (χ2n) is 7.83. The molecule has 0 bridgehead atoms. The maximum Gasteiger partial charge on any atom is 0.433 e. The maximum atomic E-state index is 13.5. The Hall–Kier alpha value is -2.16. The number of carbonyl (C=O) groups is 1. The van der Waals surface area contributed by atoms with Crippen LogP contribution in [-0.4, -0.2) is 51.2 Å². The molecule has 2 saturated heterocycles. The molecular formula is C19H23F3N4O2. The highest BCUT2D eigenvalue weighted by Gasteiger charge is 2.37. The van der Waals surface area contributed by atoms with Gasteiger partial charge in [-0.25, -0.2) is 9.50 Å². The minimum Gasteiger partial charge on any atom is -0.368 e. The zero-order valence-corrected chi connectivity index (χ0v) is 15.9. The Labute approximate surface area is 160 Å². The highest BCUT2D eigenvalue weighted by molar-refractivity contribution is 5.81. The van der Waals surface area contributed by atoms with Crippen molar-refractivity contribution in [3.8, 4) is 0 Å². The van der Waals surface area contributed by atoms with Crippen LogP contribution in [0.2, 0.25) is 0 Å². The fourth-order valence-corrected chi connectivity index (χ4v) is 3.89. The summed E-state index contributed by atoms with van der Waals surface area (Å²) in [5, 5.41) is 4.22. The van der Waals surface area contributed by atoms with E-state index < -0.39 is 11.9 Å². The van der Waals surface area contributed by atoms with Gasteiger partial charge in [-0.15, -0.1) is 0 Å². The first-order valence-electron chi connectivity index (χ1n) is 9.62. The van der Waals surface area contributed by atoms with Crippen LogP contribution in [0.15, 0.2) is 12.1 Å². The van der Waals surface area contributed by atoms with E-state index in [1.807, 2.05) is 13.8 Å². The lowest BCUT2D eigenvalue weighted by Gasteiger charge is -2.19. The van der Waals surface area contributed by atoms with Gasteiger partial charge in [0.15, 0.2) is 5.65 Å². The van der Waals surface area contributed by atoms with Gasteiger partial charge in [0.1, 0.15) is 11.8 Å². The van der Waals surface area contributed by atoms with Gasteiger partial charge in [-0.1, -0.05) is 13.8 Å². The van der Waals surface area contributed by atoms with Crippen LogP contribution in [0.4, 0.5) is 13.2 Å². The molecule has 2 fully saturated rings. The van der Waals surface area contributed by atoms with Gasteiger partial charge in [0.05, 0.1) is 5.69 Å². The SMILES string of the molecule is CC(C)c1cc(C(F)(F)F)n2nc([C@H]3CCN(C(=O)[C@@H]4CCCO4)C3)cc2n1. The number of aromatic nitrogens is 3. The molecule has 2 atom stereocenters. The molecule has 0 radical (unpaired) electrons. The average molecular weight is 396 g/mol. The number of halogens is 3. The molecule has 0 spiro atoms. The Morgan fingerprint density at radius 1 is 1.29 bits per heavy atom. The quantitative estimate of drug-likeness (QED) is 0.798. The number of carbonyl (C=O) groups excluding carboxylic acids is 1. The average Bonchev–Trinajstić information content (AvgIpc) is 3.38. The summed E-state index contributed by atoms with van der Waals surface area (Å²) < 4.78 is 46.9. The molecular weight excluding hydrogens is 373 g/mol. The van der Waals surface area contributed by atoms with E-state index in [1.165, 1.54) is 0 Å². The molecule has 2 aliphatic heterocycles. The van der Waals surface area contributed by atoms with Crippen LogP contribution >= 0.6 is 0 Å². The molecule has 9 heteroatoms. The Morgan fingerprint density at radius 3 is 2.71 bits per heavy atom. The van der Waals surface area contributed by atoms with Crippen LogP contribution in [0, 0.1) is 0 Å². The zero-order valence-electron chi connectivity index (χ0n) is 15.9. The highest BCUT2D eigenvalue weighted by atomic mass is 19.4. The number of hydrogen-bond donors (Lipinski definition) is 0. The number of fused-ring (bicyclic) bond motifs is 1. The van der Waals surface area contributed by atoms with E-state index in [9.17, 15) is 18.0 Å². The number of nitrogens with zero attached hydrogens (tertiary/aromatic N) is 4. The molecule has 2 aromatic rings. The second-order valence-corrected chi connectivity index (χ2v) is 7.83. The maximum absolute atomic E-state index is 13.5. The third kappa shape index (κ3) is 3.47. The smallest absolute Gasteiger partial charge is 0.368 e. The van der Waals surface area contributed by atoms with Gasteiger partial charge < -0.3 is 9.64 Å². The predicted molar refractivity (Wildman–Crippen MR) is 95.0 cm³/mol. The first kappa shape index (κ1) is 19.2. The van der Waals surface area contributed by atoms with Gasteiger partial charge >= 0.3 is 6.18 Å². The van der Waals surface area contributed by atoms with E-state index in [0.29, 0.717) is 37.5 Å². The molecule has 28 heavy (non-hydrogen) atoms. The van der Waals surface area contributed by atoms with Gasteiger partial charge in [0.25, 0.3) is 5.91 Å². The van der Waals surface area contributed by atoms with Gasteiger partial charge in [-0.2, -0.15) is 18.3 Å². The van der Waals surface area contributed by atoms with E-state index in [-0.39, 0.29) is 29.5 Å². The van der Waals surface area contributed by atoms with E-state index in [0.717, 1.165) is 23.4 Å². The van der Waals surface area contributed by atoms with Gasteiger partial charge in [-0.05, 0) is 31.2 Å². The molecule has 0 saturated carbocycles. The summed E-state index contributed by atoms with van der Waals surface area (Å²) in [5.74, 6) is -0.258. The summed E-state index contributed by atoms with van der Waals surface area (Å²) in [6.45, 7) is 5.23. The molecule has 1 amide bonds. The van der Waals surface area contributed by atoms with E-state index in [2.05, 4.69) is 10.1 Å². The van der Waals surface area contributed by atoms with Gasteiger partial charge in [0, 0.05) is 37.4 Å². The van der Waals surface area contributed by atoms with Crippen LogP contribution < -0.4 is 0 Å². The van der Waals surface area contributed by atoms with E-state index in [4.69, 9.17) is 4.74 Å². The van der Waals surface area contributed by atoms with E-state index >= 15 is 0 Å². The summed E-state index contributed by atoms with van der Waals surface area (Å²) in [7, 11) is 0. The Morgan fingerprint density at radius 2 is 2.07 bits per heavy atom. The summed E-state index contributed by atoms with van der Waals surface area (Å²) >= 11 is 0. The molecule has 0 unspecified atom stereocenters. The lowest BCUT2D eigenvalue weighted by atomic mass is 10.1. The molecule has 2 aliphatic rings. The Balaban J connectivity index is 1.62. The molecule has 152 valence electrons. The number of amides is 1. The number of likely N-dealkylation sites (tertiary alicyclic amines) is 1. The normalized spacial score (nSPS) is 23.3. The number of ether oxygens (including phenoxy) is 1. The van der Waals surface area contributed by atoms with Crippen molar-refractivity contribution in [2.24, 2.45) is 0 Å². The zero-order chi connectivity index (χ0) is 20.1. The van der Waals surface area contributed by atoms with Crippen molar-refractivity contribution in [2.75, 3.05) is 19.7 Å². The summed E-state index contributed by atoms with van der Waals surface area (Å²) in [4.78, 5) is 18.6. The summed E-state index contributed by atoms with van der Waals surface area (Å²) in [6, 6.07) is 2.68. The largest absolute Gasteiger partial charge is 0.433 e. The van der Waals surface area contributed by atoms with Crippen molar-refractivity contribution in [2.45, 2.75) is 57.2 Å². The third-order valence-electron chi connectivity index (χ3n) is 5.47. The van der Waals surface area contributed by atoms with Crippen molar-refractivity contribution in [3.63, 3.8) is 0 Å². The first-order valence-corrected chi connectivity index (χ1v) is 9.62. The molecule has 0 N–H and O–H groups in total. The standard InChI is InChI=1S/C19H23F3N4O2/c1-11(2)13-8-16(19(20,21)22)26-17(23-13)9-14(24-26)12-5-6-25(10-12)18(27)15-4-3-7-28-15/h8-9,11-12,15H,3-7,10H2,1-2H3/t12-,15-/m0/s1. The molecule has 2 aromatic heterocycles. The monoisotopic (exact) mass is 396 g/mol. The van der Waals surface area contributed by atoms with Crippen molar-refractivity contribution in [3.05, 3.63) is 29.2 Å². The topological polar surface area (TPSA) is 59.7 Å². The van der Waals surface area contributed by atoms with Crippen molar-refractivity contribution in [1.29, 1.82) is 0 Å². The van der Waals surface area contributed by atoms with Crippen LogP contribution in [0.1, 0.15) is 62.0 Å². The highest BCUT2D eigenvalue weighted by Crippen LogP contribution is 2.33. The van der Waals surface area contributed by atoms with Gasteiger partial charge in [-0.3, -0.25) is 4.79 Å². The minimum atomic E-state index is -4.52. The fourth-order valence-electron chi connectivity index (χ4n) is 3.89. The number of rotatable bonds is 3. The summed E-state index contributed by atoms with van der Waals surface area (Å²) in [6.07, 6.45) is -2.63. The number of hydrogen-bond acceptors (Lipinski definition) is 4. The van der Waals surface area contributed by atoms with Crippen molar-refractivity contribution >= 4 is 11.6 Å². The molecule has 4 heterocycles. The summed E-state index contributed by atoms with van der Waals surface area (Å²) in [5.41, 5.74) is 0.296. The molecule has 0 aromatic carbocycles. The fraction of sp³-hybridized carbons (Fsp3) is 0.632. The predicted octanol–water partition coefficient (Wildman–Crippen LogP) is 3.37. The first-order chi connectivity index (χ1) is 13.2. The minimum absolute atomic E-state index is 0.0278. The Bertz CT molecular complexity index is 887. The van der Waals surface area contributed by atoms with Gasteiger partial charge in [0.2, 0.25) is 0 Å². The lowest BCUT2D eigenvalue weighted by molar-refractivity contribution is -0.142. The van der Waals surface area contributed by atoms with Crippen LogP contribution in [-0.2, 0) is 15.7 Å². The van der Waals surface area contributed by atoms with Crippen LogP contribution in [0.25, 0.3) is 5.65 Å². The third-order valence-corrected chi connectivity index (χ3v) is 5.47. The second kappa shape index (κ2) is 7.02. The van der Waals surface area contributed by atoms with Crippen LogP contribution in [0.5, 0.6) is 0 Å².